The average molecular weight is 291 g/mol. The number of nitrogens with zero attached hydrogens (tertiary/aromatic N) is 2. The Morgan fingerprint density at radius 1 is 1.29 bits per heavy atom. The molecule has 21 heavy (non-hydrogen) atoms. The van der Waals surface area contributed by atoms with Gasteiger partial charge < -0.3 is 20.1 Å². The van der Waals surface area contributed by atoms with Gasteiger partial charge in [-0.15, -0.1) is 0 Å². The van der Waals surface area contributed by atoms with Crippen molar-refractivity contribution in [1.82, 2.24) is 15.1 Å². The molecule has 2 aliphatic heterocycles. The van der Waals surface area contributed by atoms with Crippen molar-refractivity contribution in [3.8, 4) is 11.5 Å². The van der Waals surface area contributed by atoms with Crippen LogP contribution in [0.1, 0.15) is 10.4 Å². The molecule has 0 atom stereocenters. The van der Waals surface area contributed by atoms with Crippen LogP contribution in [0.15, 0.2) is 18.2 Å². The van der Waals surface area contributed by atoms with Gasteiger partial charge in [0.25, 0.3) is 5.91 Å². The molecular weight excluding hydrogens is 270 g/mol. The number of hydrogen-bond acceptors (Lipinski definition) is 5. The van der Waals surface area contributed by atoms with E-state index in [1.807, 2.05) is 4.90 Å². The zero-order valence-electron chi connectivity index (χ0n) is 12.2. The number of rotatable bonds is 3. The molecule has 1 aromatic carbocycles. The Hall–Kier alpha value is -1.79. The Balaban J connectivity index is 1.62. The highest BCUT2D eigenvalue weighted by molar-refractivity contribution is 5.95. The summed E-state index contributed by atoms with van der Waals surface area (Å²) in [5.41, 5.74) is 0.507. The fraction of sp³-hybridized carbons (Fsp3) is 0.533. The van der Waals surface area contributed by atoms with Gasteiger partial charge in [0, 0.05) is 50.9 Å². The lowest BCUT2D eigenvalue weighted by molar-refractivity contribution is 0.0501. The number of carbonyl (C=O) groups excluding carboxylic acids is 1. The van der Waals surface area contributed by atoms with Crippen molar-refractivity contribution in [2.45, 2.75) is 6.04 Å². The molecule has 1 amide bonds. The number of ether oxygens (including phenoxy) is 1. The Labute approximate surface area is 124 Å². The molecule has 0 aliphatic carbocycles. The van der Waals surface area contributed by atoms with E-state index in [2.05, 4.69) is 10.2 Å². The smallest absolute Gasteiger partial charge is 0.254 e. The molecule has 2 heterocycles. The molecular formula is C15H21N3O3. The number of methoxy groups -OCH3 is 1. The van der Waals surface area contributed by atoms with Crippen LogP contribution in [0.3, 0.4) is 0 Å². The molecule has 0 saturated carbocycles. The third-order valence-electron chi connectivity index (χ3n) is 4.30. The first-order chi connectivity index (χ1) is 10.2. The molecule has 0 unspecified atom stereocenters. The molecule has 2 aliphatic rings. The molecule has 0 bridgehead atoms. The van der Waals surface area contributed by atoms with Gasteiger partial charge in [0.15, 0.2) is 11.5 Å². The average Bonchev–Trinajstić information content (AvgIpc) is 2.45. The second-order valence-corrected chi connectivity index (χ2v) is 5.53. The number of phenols is 1. The first-order valence-corrected chi connectivity index (χ1v) is 7.30. The molecule has 2 N–H and O–H groups in total. The molecule has 3 rings (SSSR count). The minimum absolute atomic E-state index is 0.00234. The summed E-state index contributed by atoms with van der Waals surface area (Å²) in [5.74, 6) is 0.357. The van der Waals surface area contributed by atoms with E-state index in [9.17, 15) is 9.90 Å². The highest BCUT2D eigenvalue weighted by Gasteiger charge is 2.29. The van der Waals surface area contributed by atoms with E-state index in [0.717, 1.165) is 39.3 Å². The van der Waals surface area contributed by atoms with Gasteiger partial charge in [-0.1, -0.05) is 0 Å². The number of phenolic OH excluding ortho intramolecular Hbond substituents is 1. The van der Waals surface area contributed by atoms with Gasteiger partial charge in [-0.05, 0) is 18.2 Å². The van der Waals surface area contributed by atoms with Crippen LogP contribution in [-0.4, -0.2) is 73.2 Å². The maximum absolute atomic E-state index is 12.5. The van der Waals surface area contributed by atoms with Crippen molar-refractivity contribution in [1.29, 1.82) is 0 Å². The number of benzene rings is 1. The van der Waals surface area contributed by atoms with Crippen LogP contribution in [0.5, 0.6) is 11.5 Å². The third-order valence-corrected chi connectivity index (χ3v) is 4.30. The van der Waals surface area contributed by atoms with Gasteiger partial charge in [0.05, 0.1) is 7.11 Å². The van der Waals surface area contributed by atoms with Crippen LogP contribution >= 0.6 is 0 Å². The molecule has 6 heteroatoms. The van der Waals surface area contributed by atoms with Crippen LogP contribution in [0, 0.1) is 0 Å². The lowest BCUT2D eigenvalue weighted by atomic mass is 10.1. The SMILES string of the molecule is COc1ccc(C(=O)N2CCN(C3CNC3)CC2)cc1O. The molecule has 0 radical (unpaired) electrons. The van der Waals surface area contributed by atoms with Gasteiger partial charge in [0.1, 0.15) is 0 Å². The summed E-state index contributed by atoms with van der Waals surface area (Å²) in [6, 6.07) is 5.43. The van der Waals surface area contributed by atoms with Crippen molar-refractivity contribution >= 4 is 5.91 Å². The van der Waals surface area contributed by atoms with Crippen LogP contribution < -0.4 is 10.1 Å². The lowest BCUT2D eigenvalue weighted by Gasteiger charge is -2.43. The normalized spacial score (nSPS) is 20.1. The predicted molar refractivity (Wildman–Crippen MR) is 78.8 cm³/mol. The first kappa shape index (κ1) is 14.2. The third kappa shape index (κ3) is 2.82. The largest absolute Gasteiger partial charge is 0.504 e. The second-order valence-electron chi connectivity index (χ2n) is 5.53. The van der Waals surface area contributed by atoms with E-state index < -0.39 is 0 Å². The highest BCUT2D eigenvalue weighted by Crippen LogP contribution is 2.27. The zero-order chi connectivity index (χ0) is 14.8. The van der Waals surface area contributed by atoms with E-state index in [1.54, 1.807) is 12.1 Å². The number of hydrogen-bond donors (Lipinski definition) is 2. The summed E-state index contributed by atoms with van der Waals surface area (Å²) < 4.78 is 5.00. The minimum Gasteiger partial charge on any atom is -0.504 e. The van der Waals surface area contributed by atoms with Crippen LogP contribution in [-0.2, 0) is 0 Å². The van der Waals surface area contributed by atoms with Gasteiger partial charge in [0.2, 0.25) is 0 Å². The van der Waals surface area contributed by atoms with Gasteiger partial charge in [-0.3, -0.25) is 9.69 Å². The molecule has 0 aromatic heterocycles. The van der Waals surface area contributed by atoms with E-state index in [1.165, 1.54) is 13.2 Å². The molecule has 1 aromatic rings. The number of piperazine rings is 1. The van der Waals surface area contributed by atoms with Crippen molar-refractivity contribution in [3.63, 3.8) is 0 Å². The zero-order valence-corrected chi connectivity index (χ0v) is 12.2. The quantitative estimate of drug-likeness (QED) is 0.829. The fourth-order valence-corrected chi connectivity index (χ4v) is 2.83. The maximum atomic E-state index is 12.5. The summed E-state index contributed by atoms with van der Waals surface area (Å²) >= 11 is 0. The molecule has 2 saturated heterocycles. The van der Waals surface area contributed by atoms with Crippen LogP contribution in [0.4, 0.5) is 0 Å². The monoisotopic (exact) mass is 291 g/mol. The highest BCUT2D eigenvalue weighted by atomic mass is 16.5. The summed E-state index contributed by atoms with van der Waals surface area (Å²) in [5, 5.41) is 13.1. The van der Waals surface area contributed by atoms with Gasteiger partial charge in [-0.2, -0.15) is 0 Å². The van der Waals surface area contributed by atoms with E-state index in [0.29, 0.717) is 17.4 Å². The Morgan fingerprint density at radius 3 is 2.52 bits per heavy atom. The Bertz CT molecular complexity index is 523. The van der Waals surface area contributed by atoms with Crippen LogP contribution in [0.2, 0.25) is 0 Å². The Morgan fingerprint density at radius 2 is 2.00 bits per heavy atom. The number of nitrogens with one attached hydrogen (secondary N) is 1. The van der Waals surface area contributed by atoms with Gasteiger partial charge >= 0.3 is 0 Å². The topological polar surface area (TPSA) is 65.0 Å². The van der Waals surface area contributed by atoms with Crippen LogP contribution in [0.25, 0.3) is 0 Å². The standard InChI is InChI=1S/C15H21N3O3/c1-21-14-3-2-11(8-13(14)19)15(20)18-6-4-17(5-7-18)12-9-16-10-12/h2-3,8,12,16,19H,4-7,9-10H2,1H3. The molecule has 6 nitrogen and oxygen atoms in total. The molecule has 2 fully saturated rings. The van der Waals surface area contributed by atoms with Crippen molar-refractivity contribution < 1.29 is 14.6 Å². The van der Waals surface area contributed by atoms with Crippen molar-refractivity contribution in [2.75, 3.05) is 46.4 Å². The molecule has 114 valence electrons. The number of aromatic hydroxyl groups is 1. The first-order valence-electron chi connectivity index (χ1n) is 7.30. The second kappa shape index (κ2) is 5.91. The van der Waals surface area contributed by atoms with E-state index in [-0.39, 0.29) is 11.7 Å². The predicted octanol–water partition coefficient (Wildman–Crippen LogP) is 0.130. The number of carbonyl (C=O) groups is 1. The van der Waals surface area contributed by atoms with Gasteiger partial charge in [-0.25, -0.2) is 0 Å². The molecule has 0 spiro atoms. The number of amides is 1. The summed E-state index contributed by atoms with van der Waals surface area (Å²) in [7, 11) is 1.49. The van der Waals surface area contributed by atoms with E-state index in [4.69, 9.17) is 4.74 Å². The van der Waals surface area contributed by atoms with E-state index >= 15 is 0 Å². The minimum atomic E-state index is -0.0284. The van der Waals surface area contributed by atoms with Crippen molar-refractivity contribution in [3.05, 3.63) is 23.8 Å². The summed E-state index contributed by atoms with van der Waals surface area (Å²) in [4.78, 5) is 16.7. The lowest BCUT2D eigenvalue weighted by Crippen LogP contribution is -2.62. The summed E-state index contributed by atoms with van der Waals surface area (Å²) in [6.07, 6.45) is 0. The Kier molecular flexibility index (Phi) is 3.98. The van der Waals surface area contributed by atoms with Crippen molar-refractivity contribution in [2.24, 2.45) is 0 Å². The maximum Gasteiger partial charge on any atom is 0.254 e. The summed E-state index contributed by atoms with van der Waals surface area (Å²) in [6.45, 7) is 5.42. The fourth-order valence-electron chi connectivity index (χ4n) is 2.83.